The normalized spacial score (nSPS) is 10.7. The van der Waals surface area contributed by atoms with Crippen LogP contribution in [0.15, 0.2) is 18.2 Å². The Morgan fingerprint density at radius 2 is 1.87 bits per heavy atom. The zero-order chi connectivity index (χ0) is 16.4. The van der Waals surface area contributed by atoms with Crippen molar-refractivity contribution >= 4 is 34.4 Å². The van der Waals surface area contributed by atoms with Crippen molar-refractivity contribution in [3.05, 3.63) is 35.2 Å². The number of hydrogen-bond acceptors (Lipinski definition) is 7. The number of hydrogen-bond donors (Lipinski definition) is 1. The van der Waals surface area contributed by atoms with E-state index in [0.29, 0.717) is 40.8 Å². The summed E-state index contributed by atoms with van der Waals surface area (Å²) in [6.45, 7) is 5.97. The van der Waals surface area contributed by atoms with Crippen LogP contribution in [0.5, 0.6) is 6.01 Å². The number of rotatable bonds is 4. The van der Waals surface area contributed by atoms with Crippen LogP contribution in [0, 0.1) is 13.8 Å². The van der Waals surface area contributed by atoms with Crippen molar-refractivity contribution in [2.45, 2.75) is 20.8 Å². The second kappa shape index (κ2) is 6.25. The summed E-state index contributed by atoms with van der Waals surface area (Å²) < 4.78 is 13.6. The first-order valence-corrected chi connectivity index (χ1v) is 7.83. The molecule has 8 heteroatoms. The molecule has 0 spiro atoms. The van der Waals surface area contributed by atoms with E-state index in [-0.39, 0.29) is 5.91 Å². The SMILES string of the molecule is CCOc1nc(C)c(NC(=O)c2ccc3nsnc3c2)c(C)n1. The molecule has 0 radical (unpaired) electrons. The van der Waals surface area contributed by atoms with Crippen LogP contribution in [0.25, 0.3) is 11.0 Å². The van der Waals surface area contributed by atoms with E-state index in [1.165, 1.54) is 0 Å². The molecule has 0 fully saturated rings. The molecule has 0 aliphatic carbocycles. The van der Waals surface area contributed by atoms with Crippen molar-refractivity contribution in [3.8, 4) is 6.01 Å². The van der Waals surface area contributed by atoms with Crippen molar-refractivity contribution in [3.63, 3.8) is 0 Å². The van der Waals surface area contributed by atoms with E-state index < -0.39 is 0 Å². The van der Waals surface area contributed by atoms with Gasteiger partial charge in [-0.2, -0.15) is 18.7 Å². The smallest absolute Gasteiger partial charge is 0.316 e. The number of ether oxygens (including phenoxy) is 1. The van der Waals surface area contributed by atoms with Gasteiger partial charge in [0.25, 0.3) is 5.91 Å². The quantitative estimate of drug-likeness (QED) is 0.791. The molecule has 0 atom stereocenters. The van der Waals surface area contributed by atoms with Crippen molar-refractivity contribution < 1.29 is 9.53 Å². The predicted molar refractivity (Wildman–Crippen MR) is 88.0 cm³/mol. The summed E-state index contributed by atoms with van der Waals surface area (Å²) in [5.74, 6) is -0.237. The maximum absolute atomic E-state index is 12.5. The lowest BCUT2D eigenvalue weighted by Crippen LogP contribution is -2.15. The average molecular weight is 329 g/mol. The molecule has 0 aliphatic rings. The minimum atomic E-state index is -0.237. The van der Waals surface area contributed by atoms with Crippen LogP contribution in [0.4, 0.5) is 5.69 Å². The highest BCUT2D eigenvalue weighted by atomic mass is 32.1. The molecule has 0 saturated heterocycles. The van der Waals surface area contributed by atoms with Gasteiger partial charge in [0, 0.05) is 5.56 Å². The first-order chi connectivity index (χ1) is 11.1. The molecule has 0 unspecified atom stereocenters. The van der Waals surface area contributed by atoms with Gasteiger partial charge in [-0.05, 0) is 39.0 Å². The Balaban J connectivity index is 1.87. The summed E-state index contributed by atoms with van der Waals surface area (Å²) in [5.41, 5.74) is 3.91. The maximum atomic E-state index is 12.5. The fourth-order valence-corrected chi connectivity index (χ4v) is 2.69. The molecule has 1 N–H and O–H groups in total. The summed E-state index contributed by atoms with van der Waals surface area (Å²) in [7, 11) is 0. The van der Waals surface area contributed by atoms with E-state index in [4.69, 9.17) is 4.74 Å². The summed E-state index contributed by atoms with van der Waals surface area (Å²) in [6.07, 6.45) is 0. The van der Waals surface area contributed by atoms with Crippen LogP contribution in [-0.4, -0.2) is 31.2 Å². The molecule has 118 valence electrons. The second-order valence-electron chi connectivity index (χ2n) is 4.91. The summed E-state index contributed by atoms with van der Waals surface area (Å²) in [6, 6.07) is 5.53. The van der Waals surface area contributed by atoms with Crippen LogP contribution in [-0.2, 0) is 0 Å². The zero-order valence-corrected chi connectivity index (χ0v) is 13.8. The van der Waals surface area contributed by atoms with Crippen LogP contribution in [0.1, 0.15) is 28.7 Å². The van der Waals surface area contributed by atoms with Crippen molar-refractivity contribution in [1.82, 2.24) is 18.7 Å². The van der Waals surface area contributed by atoms with Gasteiger partial charge >= 0.3 is 6.01 Å². The highest BCUT2D eigenvalue weighted by molar-refractivity contribution is 7.00. The zero-order valence-electron chi connectivity index (χ0n) is 13.0. The number of carbonyl (C=O) groups excluding carboxylic acids is 1. The van der Waals surface area contributed by atoms with Gasteiger partial charge in [0.2, 0.25) is 0 Å². The van der Waals surface area contributed by atoms with E-state index in [2.05, 4.69) is 24.0 Å². The fraction of sp³-hybridized carbons (Fsp3) is 0.267. The third-order valence-corrected chi connectivity index (χ3v) is 3.83. The number of aromatic nitrogens is 4. The molecule has 1 amide bonds. The van der Waals surface area contributed by atoms with Gasteiger partial charge in [-0.1, -0.05) is 0 Å². The standard InChI is InChI=1S/C15H15N5O2S/c1-4-22-15-16-8(2)13(9(3)17-15)18-14(21)10-5-6-11-12(7-10)20-23-19-11/h5-7H,4H2,1-3H3,(H,18,21). The average Bonchev–Trinajstić information content (AvgIpc) is 2.98. The van der Waals surface area contributed by atoms with Gasteiger partial charge in [0.1, 0.15) is 11.0 Å². The van der Waals surface area contributed by atoms with Gasteiger partial charge in [0.15, 0.2) is 0 Å². The van der Waals surface area contributed by atoms with E-state index >= 15 is 0 Å². The molecule has 7 nitrogen and oxygen atoms in total. The van der Waals surface area contributed by atoms with Crippen molar-refractivity contribution in [2.24, 2.45) is 0 Å². The molecule has 0 aliphatic heterocycles. The molecule has 3 aromatic rings. The maximum Gasteiger partial charge on any atom is 0.316 e. The molecular formula is C15H15N5O2S. The number of anilines is 1. The Hall–Kier alpha value is -2.61. The molecule has 2 heterocycles. The minimum Gasteiger partial charge on any atom is -0.464 e. The number of fused-ring (bicyclic) bond motifs is 1. The molecule has 23 heavy (non-hydrogen) atoms. The van der Waals surface area contributed by atoms with Gasteiger partial charge in [-0.25, -0.2) is 0 Å². The topological polar surface area (TPSA) is 89.9 Å². The molecular weight excluding hydrogens is 314 g/mol. The third-order valence-electron chi connectivity index (χ3n) is 3.28. The summed E-state index contributed by atoms with van der Waals surface area (Å²) in [4.78, 5) is 20.9. The van der Waals surface area contributed by atoms with Gasteiger partial charge in [-0.15, -0.1) is 0 Å². The summed E-state index contributed by atoms with van der Waals surface area (Å²) >= 11 is 1.12. The fourth-order valence-electron chi connectivity index (χ4n) is 2.17. The molecule has 2 aromatic heterocycles. The Kier molecular flexibility index (Phi) is 4.16. The number of amides is 1. The largest absolute Gasteiger partial charge is 0.464 e. The molecule has 1 aromatic carbocycles. The number of benzene rings is 1. The Labute approximate surface area is 137 Å². The lowest BCUT2D eigenvalue weighted by Gasteiger charge is -2.12. The number of nitrogens with zero attached hydrogens (tertiary/aromatic N) is 4. The van der Waals surface area contributed by atoms with Gasteiger partial charge < -0.3 is 10.1 Å². The van der Waals surface area contributed by atoms with Crippen LogP contribution >= 0.6 is 11.7 Å². The van der Waals surface area contributed by atoms with E-state index in [1.54, 1.807) is 32.0 Å². The minimum absolute atomic E-state index is 0.237. The van der Waals surface area contributed by atoms with E-state index in [1.807, 2.05) is 6.92 Å². The van der Waals surface area contributed by atoms with Crippen LogP contribution in [0.2, 0.25) is 0 Å². The monoisotopic (exact) mass is 329 g/mol. The van der Waals surface area contributed by atoms with E-state index in [0.717, 1.165) is 17.2 Å². The summed E-state index contributed by atoms with van der Waals surface area (Å²) in [5, 5.41) is 2.86. The first kappa shape index (κ1) is 15.3. The van der Waals surface area contributed by atoms with Crippen molar-refractivity contribution in [1.29, 1.82) is 0 Å². The Morgan fingerprint density at radius 1 is 1.17 bits per heavy atom. The van der Waals surface area contributed by atoms with Crippen molar-refractivity contribution in [2.75, 3.05) is 11.9 Å². The predicted octanol–water partition coefficient (Wildman–Crippen LogP) is 2.75. The lowest BCUT2D eigenvalue weighted by atomic mass is 10.1. The number of nitrogens with one attached hydrogen (secondary N) is 1. The highest BCUT2D eigenvalue weighted by Gasteiger charge is 2.14. The number of aryl methyl sites for hydroxylation is 2. The lowest BCUT2D eigenvalue weighted by molar-refractivity contribution is 0.102. The molecule has 0 bridgehead atoms. The van der Waals surface area contributed by atoms with Crippen LogP contribution < -0.4 is 10.1 Å². The highest BCUT2D eigenvalue weighted by Crippen LogP contribution is 2.21. The molecule has 0 saturated carbocycles. The van der Waals surface area contributed by atoms with Crippen LogP contribution in [0.3, 0.4) is 0 Å². The van der Waals surface area contributed by atoms with Gasteiger partial charge in [0.05, 0.1) is 35.4 Å². The number of carbonyl (C=O) groups is 1. The Bertz CT molecular complexity index is 854. The van der Waals surface area contributed by atoms with Gasteiger partial charge in [-0.3, -0.25) is 4.79 Å². The van der Waals surface area contributed by atoms with E-state index in [9.17, 15) is 4.79 Å². The molecule has 3 rings (SSSR count). The third kappa shape index (κ3) is 3.11. The first-order valence-electron chi connectivity index (χ1n) is 7.10. The second-order valence-corrected chi connectivity index (χ2v) is 5.44. The Morgan fingerprint density at radius 3 is 2.57 bits per heavy atom.